The average molecular weight is 184 g/mol. The van der Waals surface area contributed by atoms with Crippen LogP contribution >= 0.6 is 0 Å². The number of carboxylic acid groups (broad SMARTS) is 1. The van der Waals surface area contributed by atoms with Crippen molar-refractivity contribution in [3.63, 3.8) is 0 Å². The van der Waals surface area contributed by atoms with Crippen molar-refractivity contribution in [2.24, 2.45) is 17.8 Å². The molecule has 0 aromatic heterocycles. The fourth-order valence-electron chi connectivity index (χ4n) is 2.27. The maximum absolute atomic E-state index is 11.4. The monoisotopic (exact) mass is 184 g/mol. The molecule has 0 radical (unpaired) electrons. The highest BCUT2D eigenvalue weighted by Gasteiger charge is 2.37. The largest absolute Gasteiger partial charge is 0.481 e. The summed E-state index contributed by atoms with van der Waals surface area (Å²) in [5.74, 6) is -0.854. The van der Waals surface area contributed by atoms with Gasteiger partial charge in [0.15, 0.2) is 0 Å². The summed E-state index contributed by atoms with van der Waals surface area (Å²) in [5, 5.41) is 8.90. The van der Waals surface area contributed by atoms with E-state index in [9.17, 15) is 9.59 Å². The third kappa shape index (κ3) is 1.90. The molecule has 1 aliphatic carbocycles. The highest BCUT2D eigenvalue weighted by atomic mass is 16.4. The molecule has 0 aromatic rings. The second-order valence-electron chi connectivity index (χ2n) is 3.82. The first-order valence-corrected chi connectivity index (χ1v) is 4.83. The number of Topliss-reactive ketones (excluding diaryl/α,β-unsaturated/α-hetero) is 1. The lowest BCUT2D eigenvalue weighted by atomic mass is 9.71. The quantitative estimate of drug-likeness (QED) is 0.710. The topological polar surface area (TPSA) is 54.4 Å². The number of hydrogen-bond donors (Lipinski definition) is 1. The van der Waals surface area contributed by atoms with Gasteiger partial charge in [-0.05, 0) is 18.8 Å². The zero-order chi connectivity index (χ0) is 10.0. The number of aliphatic carboxylic acids is 1. The van der Waals surface area contributed by atoms with E-state index >= 15 is 0 Å². The van der Waals surface area contributed by atoms with Crippen molar-refractivity contribution in [2.75, 3.05) is 0 Å². The Morgan fingerprint density at radius 2 is 2.23 bits per heavy atom. The van der Waals surface area contributed by atoms with Crippen LogP contribution in [0.1, 0.15) is 33.1 Å². The van der Waals surface area contributed by atoms with E-state index in [1.54, 1.807) is 0 Å². The first kappa shape index (κ1) is 10.2. The molecule has 1 saturated carbocycles. The molecule has 1 aliphatic rings. The Hall–Kier alpha value is -0.860. The van der Waals surface area contributed by atoms with Crippen molar-refractivity contribution >= 4 is 11.8 Å². The van der Waals surface area contributed by atoms with Crippen LogP contribution in [0.3, 0.4) is 0 Å². The van der Waals surface area contributed by atoms with Gasteiger partial charge in [-0.2, -0.15) is 0 Å². The predicted molar refractivity (Wildman–Crippen MR) is 48.3 cm³/mol. The maximum atomic E-state index is 11.4. The second-order valence-corrected chi connectivity index (χ2v) is 3.82. The van der Waals surface area contributed by atoms with Crippen molar-refractivity contribution in [2.45, 2.75) is 33.1 Å². The standard InChI is InChI=1S/C10H16O3/c1-3-7-6(2)8(10(12)13)4-5-9(7)11/h6-8H,3-5H2,1-2H3,(H,12,13)/t6-,7-,8+/m0/s1. The number of carboxylic acids is 1. The van der Waals surface area contributed by atoms with E-state index < -0.39 is 5.97 Å². The lowest BCUT2D eigenvalue weighted by molar-refractivity contribution is -0.147. The van der Waals surface area contributed by atoms with Gasteiger partial charge in [-0.15, -0.1) is 0 Å². The zero-order valence-corrected chi connectivity index (χ0v) is 8.12. The molecule has 0 spiro atoms. The summed E-state index contributed by atoms with van der Waals surface area (Å²) in [6.07, 6.45) is 1.73. The molecule has 3 heteroatoms. The Bertz CT molecular complexity index is 220. The third-order valence-corrected chi connectivity index (χ3v) is 3.14. The van der Waals surface area contributed by atoms with Gasteiger partial charge in [0.1, 0.15) is 5.78 Å². The van der Waals surface area contributed by atoms with Crippen LogP contribution < -0.4 is 0 Å². The number of ketones is 1. The van der Waals surface area contributed by atoms with E-state index in [2.05, 4.69) is 0 Å². The molecule has 0 amide bonds. The van der Waals surface area contributed by atoms with E-state index in [1.807, 2.05) is 13.8 Å². The normalized spacial score (nSPS) is 34.6. The molecule has 1 fully saturated rings. The van der Waals surface area contributed by atoms with E-state index in [0.29, 0.717) is 12.8 Å². The minimum absolute atomic E-state index is 0.00347. The van der Waals surface area contributed by atoms with Gasteiger partial charge in [0.05, 0.1) is 5.92 Å². The van der Waals surface area contributed by atoms with Crippen LogP contribution in [0.5, 0.6) is 0 Å². The third-order valence-electron chi connectivity index (χ3n) is 3.14. The summed E-state index contributed by atoms with van der Waals surface area (Å²) >= 11 is 0. The van der Waals surface area contributed by atoms with E-state index in [0.717, 1.165) is 6.42 Å². The van der Waals surface area contributed by atoms with Gasteiger partial charge in [0, 0.05) is 12.3 Å². The number of carbonyl (C=O) groups excluding carboxylic acids is 1. The first-order valence-electron chi connectivity index (χ1n) is 4.83. The molecule has 0 aliphatic heterocycles. The van der Waals surface area contributed by atoms with Crippen LogP contribution in [0, 0.1) is 17.8 Å². The molecule has 0 heterocycles. The van der Waals surface area contributed by atoms with E-state index in [1.165, 1.54) is 0 Å². The van der Waals surface area contributed by atoms with Gasteiger partial charge in [0.25, 0.3) is 0 Å². The minimum atomic E-state index is -0.751. The van der Waals surface area contributed by atoms with E-state index in [-0.39, 0.29) is 23.5 Å². The van der Waals surface area contributed by atoms with Gasteiger partial charge >= 0.3 is 5.97 Å². The van der Waals surface area contributed by atoms with Crippen LogP contribution in [0.4, 0.5) is 0 Å². The molecule has 0 saturated heterocycles. The molecule has 0 unspecified atom stereocenters. The highest BCUT2D eigenvalue weighted by Crippen LogP contribution is 2.34. The number of carbonyl (C=O) groups is 2. The van der Waals surface area contributed by atoms with Crippen LogP contribution in [0.15, 0.2) is 0 Å². The molecule has 13 heavy (non-hydrogen) atoms. The summed E-state index contributed by atoms with van der Waals surface area (Å²) < 4.78 is 0. The van der Waals surface area contributed by atoms with Crippen molar-refractivity contribution < 1.29 is 14.7 Å². The maximum Gasteiger partial charge on any atom is 0.306 e. The second kappa shape index (κ2) is 3.90. The molecule has 74 valence electrons. The fourth-order valence-corrected chi connectivity index (χ4v) is 2.27. The Labute approximate surface area is 78.1 Å². The Morgan fingerprint density at radius 1 is 1.62 bits per heavy atom. The van der Waals surface area contributed by atoms with Gasteiger partial charge in [0.2, 0.25) is 0 Å². The summed E-state index contributed by atoms with van der Waals surface area (Å²) in [6, 6.07) is 0. The molecule has 0 aromatic carbocycles. The van der Waals surface area contributed by atoms with Crippen LogP contribution in [-0.2, 0) is 9.59 Å². The Kier molecular flexibility index (Phi) is 3.07. The zero-order valence-electron chi connectivity index (χ0n) is 8.12. The van der Waals surface area contributed by atoms with Crippen molar-refractivity contribution in [1.29, 1.82) is 0 Å². The summed E-state index contributed by atoms with van der Waals surface area (Å²) in [5.41, 5.74) is 0. The molecule has 1 N–H and O–H groups in total. The van der Waals surface area contributed by atoms with Gasteiger partial charge < -0.3 is 5.11 Å². The van der Waals surface area contributed by atoms with Crippen molar-refractivity contribution in [1.82, 2.24) is 0 Å². The van der Waals surface area contributed by atoms with Gasteiger partial charge in [-0.1, -0.05) is 13.8 Å². The highest BCUT2D eigenvalue weighted by molar-refractivity contribution is 5.84. The first-order chi connectivity index (χ1) is 6.07. The molecule has 0 bridgehead atoms. The number of rotatable bonds is 2. The fraction of sp³-hybridized carbons (Fsp3) is 0.800. The van der Waals surface area contributed by atoms with E-state index in [4.69, 9.17) is 5.11 Å². The molecule has 1 rings (SSSR count). The molecule has 3 nitrogen and oxygen atoms in total. The lowest BCUT2D eigenvalue weighted by Gasteiger charge is -2.31. The Balaban J connectivity index is 2.74. The van der Waals surface area contributed by atoms with Crippen LogP contribution in [0.25, 0.3) is 0 Å². The smallest absolute Gasteiger partial charge is 0.306 e. The molecular weight excluding hydrogens is 168 g/mol. The summed E-state index contributed by atoms with van der Waals surface area (Å²) in [7, 11) is 0. The summed E-state index contributed by atoms with van der Waals surface area (Å²) in [4.78, 5) is 22.2. The molecular formula is C10H16O3. The average Bonchev–Trinajstić information content (AvgIpc) is 2.04. The lowest BCUT2D eigenvalue weighted by Crippen LogP contribution is -2.36. The molecule has 3 atom stereocenters. The Morgan fingerprint density at radius 3 is 2.69 bits per heavy atom. The summed E-state index contributed by atoms with van der Waals surface area (Å²) in [6.45, 7) is 3.83. The number of hydrogen-bond acceptors (Lipinski definition) is 2. The van der Waals surface area contributed by atoms with Crippen LogP contribution in [0.2, 0.25) is 0 Å². The van der Waals surface area contributed by atoms with Gasteiger partial charge in [-0.25, -0.2) is 0 Å². The SMILES string of the molecule is CC[C@@H]1C(=O)CC[C@@H](C(=O)O)[C@H]1C. The predicted octanol–water partition coefficient (Wildman–Crippen LogP) is 1.71. The van der Waals surface area contributed by atoms with Gasteiger partial charge in [-0.3, -0.25) is 9.59 Å². The minimum Gasteiger partial charge on any atom is -0.481 e. The van der Waals surface area contributed by atoms with Crippen molar-refractivity contribution in [3.05, 3.63) is 0 Å². The van der Waals surface area contributed by atoms with Crippen LogP contribution in [-0.4, -0.2) is 16.9 Å². The van der Waals surface area contributed by atoms with Crippen molar-refractivity contribution in [3.8, 4) is 0 Å².